The van der Waals surface area contributed by atoms with Gasteiger partial charge >= 0.3 is 6.03 Å². The lowest BCUT2D eigenvalue weighted by Crippen LogP contribution is -2.39. The Balaban J connectivity index is 1.47. The SMILES string of the molecule is Cc1ccc(NC(=O)N2CCCC2)cc1-c1cc(N2CCC2)nc(N2CCOCC2)c1. The van der Waals surface area contributed by atoms with Crippen LogP contribution in [0.25, 0.3) is 11.1 Å². The van der Waals surface area contributed by atoms with Gasteiger partial charge in [0.15, 0.2) is 0 Å². The molecule has 0 aliphatic carbocycles. The van der Waals surface area contributed by atoms with Gasteiger partial charge in [-0.1, -0.05) is 6.07 Å². The average Bonchev–Trinajstić information content (AvgIpc) is 3.29. The molecule has 1 aromatic heterocycles. The van der Waals surface area contributed by atoms with E-state index in [1.165, 1.54) is 12.0 Å². The minimum absolute atomic E-state index is 0.00250. The molecular formula is C24H31N5O2. The van der Waals surface area contributed by atoms with Crippen LogP contribution in [-0.2, 0) is 4.74 Å². The zero-order valence-corrected chi connectivity index (χ0v) is 18.3. The smallest absolute Gasteiger partial charge is 0.321 e. The van der Waals surface area contributed by atoms with E-state index in [4.69, 9.17) is 9.72 Å². The lowest BCUT2D eigenvalue weighted by Gasteiger charge is -2.34. The monoisotopic (exact) mass is 421 g/mol. The Kier molecular flexibility index (Phi) is 5.68. The van der Waals surface area contributed by atoms with E-state index >= 15 is 0 Å². The fourth-order valence-electron chi connectivity index (χ4n) is 4.45. The first-order chi connectivity index (χ1) is 15.2. The zero-order chi connectivity index (χ0) is 21.2. The maximum absolute atomic E-state index is 12.6. The number of urea groups is 1. The highest BCUT2D eigenvalue weighted by Crippen LogP contribution is 2.33. The number of benzene rings is 1. The second-order valence-corrected chi connectivity index (χ2v) is 8.67. The van der Waals surface area contributed by atoms with Gasteiger partial charge in [0.05, 0.1) is 13.2 Å². The van der Waals surface area contributed by atoms with E-state index in [0.29, 0.717) is 0 Å². The number of aromatic nitrogens is 1. The quantitative estimate of drug-likeness (QED) is 0.815. The lowest BCUT2D eigenvalue weighted by molar-refractivity contribution is 0.122. The van der Waals surface area contributed by atoms with Crippen molar-refractivity contribution in [2.75, 3.05) is 67.6 Å². The molecule has 3 fully saturated rings. The van der Waals surface area contributed by atoms with E-state index in [2.05, 4.69) is 46.3 Å². The zero-order valence-electron chi connectivity index (χ0n) is 18.3. The van der Waals surface area contributed by atoms with Crippen molar-refractivity contribution in [3.8, 4) is 11.1 Å². The Labute approximate surface area is 184 Å². The topological polar surface area (TPSA) is 60.9 Å². The number of anilines is 3. The molecule has 0 spiro atoms. The first-order valence-corrected chi connectivity index (χ1v) is 11.4. The molecule has 1 N–H and O–H groups in total. The number of pyridine rings is 1. The van der Waals surface area contributed by atoms with E-state index in [0.717, 1.165) is 93.8 Å². The van der Waals surface area contributed by atoms with Crippen molar-refractivity contribution in [3.05, 3.63) is 35.9 Å². The van der Waals surface area contributed by atoms with E-state index in [-0.39, 0.29) is 6.03 Å². The van der Waals surface area contributed by atoms with E-state index < -0.39 is 0 Å². The standard InChI is InChI=1S/C24H31N5O2/c1-18-5-6-20(25-24(30)29-7-2-3-8-29)17-21(18)19-15-22(27-9-4-10-27)26-23(16-19)28-11-13-31-14-12-28/h5-6,15-17H,2-4,7-14H2,1H3,(H,25,30). The summed E-state index contributed by atoms with van der Waals surface area (Å²) >= 11 is 0. The lowest BCUT2D eigenvalue weighted by atomic mass is 9.99. The molecule has 0 unspecified atom stereocenters. The Morgan fingerprint density at radius 3 is 2.23 bits per heavy atom. The van der Waals surface area contributed by atoms with Crippen LogP contribution in [0.5, 0.6) is 0 Å². The molecule has 3 aliphatic heterocycles. The molecule has 3 aliphatic rings. The Hall–Kier alpha value is -2.80. The van der Waals surface area contributed by atoms with Gasteiger partial charge in [-0.05, 0) is 67.1 Å². The summed E-state index contributed by atoms with van der Waals surface area (Å²) in [6, 6.07) is 10.6. The summed E-state index contributed by atoms with van der Waals surface area (Å²) in [5.74, 6) is 2.05. The summed E-state index contributed by atoms with van der Waals surface area (Å²) in [7, 11) is 0. The van der Waals surface area contributed by atoms with Gasteiger partial charge in [0, 0.05) is 45.0 Å². The summed E-state index contributed by atoms with van der Waals surface area (Å²) < 4.78 is 5.54. The van der Waals surface area contributed by atoms with Crippen molar-refractivity contribution < 1.29 is 9.53 Å². The third kappa shape index (κ3) is 4.32. The number of nitrogens with zero attached hydrogens (tertiary/aromatic N) is 4. The van der Waals surface area contributed by atoms with E-state index in [9.17, 15) is 4.79 Å². The van der Waals surface area contributed by atoms with Gasteiger partial charge in [0.1, 0.15) is 11.6 Å². The van der Waals surface area contributed by atoms with Crippen molar-refractivity contribution in [1.29, 1.82) is 0 Å². The van der Waals surface area contributed by atoms with E-state index in [1.807, 2.05) is 11.0 Å². The van der Waals surface area contributed by atoms with Gasteiger partial charge in [-0.15, -0.1) is 0 Å². The molecule has 4 heterocycles. The number of ether oxygens (including phenoxy) is 1. The molecule has 3 saturated heterocycles. The molecule has 164 valence electrons. The molecular weight excluding hydrogens is 390 g/mol. The maximum Gasteiger partial charge on any atom is 0.321 e. The molecule has 2 amide bonds. The second kappa shape index (κ2) is 8.75. The molecule has 0 radical (unpaired) electrons. The summed E-state index contributed by atoms with van der Waals surface area (Å²) in [5.41, 5.74) is 4.31. The number of carbonyl (C=O) groups is 1. The van der Waals surface area contributed by atoms with Crippen molar-refractivity contribution >= 4 is 23.4 Å². The highest BCUT2D eigenvalue weighted by molar-refractivity contribution is 5.91. The van der Waals surface area contributed by atoms with Gasteiger partial charge in [0.2, 0.25) is 0 Å². The molecule has 7 nitrogen and oxygen atoms in total. The predicted octanol–water partition coefficient (Wildman–Crippen LogP) is 3.73. The van der Waals surface area contributed by atoms with E-state index in [1.54, 1.807) is 0 Å². The summed E-state index contributed by atoms with van der Waals surface area (Å²) in [4.78, 5) is 24.1. The van der Waals surface area contributed by atoms with Gasteiger partial charge in [-0.2, -0.15) is 0 Å². The average molecular weight is 422 g/mol. The molecule has 0 saturated carbocycles. The molecule has 0 atom stereocenters. The normalized spacial score (nSPS) is 18.8. The van der Waals surface area contributed by atoms with Crippen LogP contribution in [-0.4, -0.2) is 68.4 Å². The number of morpholine rings is 1. The van der Waals surface area contributed by atoms with Crippen LogP contribution in [0, 0.1) is 6.92 Å². The number of nitrogens with one attached hydrogen (secondary N) is 1. The highest BCUT2D eigenvalue weighted by atomic mass is 16.5. The predicted molar refractivity (Wildman–Crippen MR) is 124 cm³/mol. The van der Waals surface area contributed by atoms with Crippen LogP contribution in [0.2, 0.25) is 0 Å². The van der Waals surface area contributed by atoms with Crippen LogP contribution in [0.1, 0.15) is 24.8 Å². The molecule has 1 aromatic carbocycles. The Morgan fingerprint density at radius 2 is 1.58 bits per heavy atom. The first-order valence-electron chi connectivity index (χ1n) is 11.4. The number of likely N-dealkylation sites (tertiary alicyclic amines) is 1. The van der Waals surface area contributed by atoms with Gasteiger partial charge in [-0.25, -0.2) is 9.78 Å². The number of amides is 2. The number of hydrogen-bond donors (Lipinski definition) is 1. The van der Waals surface area contributed by atoms with Crippen LogP contribution in [0.15, 0.2) is 30.3 Å². The maximum atomic E-state index is 12.6. The number of aryl methyl sites for hydroxylation is 1. The third-order valence-electron chi connectivity index (χ3n) is 6.51. The summed E-state index contributed by atoms with van der Waals surface area (Å²) in [6.07, 6.45) is 3.40. The van der Waals surface area contributed by atoms with Crippen LogP contribution >= 0.6 is 0 Å². The Bertz CT molecular complexity index is 947. The molecule has 31 heavy (non-hydrogen) atoms. The molecule has 7 heteroatoms. The molecule has 2 aromatic rings. The van der Waals surface area contributed by atoms with Crippen molar-refractivity contribution in [2.45, 2.75) is 26.2 Å². The molecule has 5 rings (SSSR count). The van der Waals surface area contributed by atoms with Crippen LogP contribution in [0.3, 0.4) is 0 Å². The van der Waals surface area contributed by atoms with Gasteiger partial charge < -0.3 is 24.8 Å². The summed E-state index contributed by atoms with van der Waals surface area (Å²) in [6.45, 7) is 9.13. The van der Waals surface area contributed by atoms with Gasteiger partial charge in [-0.3, -0.25) is 0 Å². The third-order valence-corrected chi connectivity index (χ3v) is 6.51. The fraction of sp³-hybridized carbons (Fsp3) is 0.500. The van der Waals surface area contributed by atoms with Gasteiger partial charge in [0.25, 0.3) is 0 Å². The summed E-state index contributed by atoms with van der Waals surface area (Å²) in [5, 5.41) is 3.09. The minimum atomic E-state index is -0.00250. The largest absolute Gasteiger partial charge is 0.378 e. The van der Waals surface area contributed by atoms with Crippen molar-refractivity contribution in [3.63, 3.8) is 0 Å². The minimum Gasteiger partial charge on any atom is -0.378 e. The van der Waals surface area contributed by atoms with Crippen molar-refractivity contribution in [2.24, 2.45) is 0 Å². The first kappa shape index (κ1) is 20.1. The van der Waals surface area contributed by atoms with Crippen molar-refractivity contribution in [1.82, 2.24) is 9.88 Å². The highest BCUT2D eigenvalue weighted by Gasteiger charge is 2.22. The fourth-order valence-corrected chi connectivity index (χ4v) is 4.45. The number of rotatable bonds is 4. The van der Waals surface area contributed by atoms with Crippen LogP contribution < -0.4 is 15.1 Å². The second-order valence-electron chi connectivity index (χ2n) is 8.67. The Morgan fingerprint density at radius 1 is 0.903 bits per heavy atom. The van der Waals surface area contributed by atoms with Crippen LogP contribution in [0.4, 0.5) is 22.1 Å². The number of hydrogen-bond acceptors (Lipinski definition) is 5. The number of carbonyl (C=O) groups excluding carboxylic acids is 1. The molecule has 0 bridgehead atoms.